The van der Waals surface area contributed by atoms with Gasteiger partial charge in [-0.2, -0.15) is 0 Å². The number of hydrogen-bond donors (Lipinski definition) is 1. The zero-order valence-electron chi connectivity index (χ0n) is 19.8. The van der Waals surface area contributed by atoms with E-state index in [4.69, 9.17) is 0 Å². The van der Waals surface area contributed by atoms with Crippen LogP contribution in [0.4, 0.5) is 15.8 Å². The molecule has 0 spiro atoms. The third-order valence-corrected chi connectivity index (χ3v) is 6.93. The second kappa shape index (κ2) is 9.54. The van der Waals surface area contributed by atoms with E-state index in [0.717, 1.165) is 32.6 Å². The van der Waals surface area contributed by atoms with Crippen molar-refractivity contribution < 1.29 is 14.3 Å². The number of benzene rings is 2. The number of carboxylic acid groups (broad SMARTS) is 1. The largest absolute Gasteiger partial charge is 0.477 e. The maximum Gasteiger partial charge on any atom is 0.341 e. The van der Waals surface area contributed by atoms with Gasteiger partial charge in [-0.15, -0.1) is 0 Å². The molecule has 1 N–H and O–H groups in total. The van der Waals surface area contributed by atoms with Gasteiger partial charge in [0.1, 0.15) is 11.4 Å². The zero-order chi connectivity index (χ0) is 24.5. The van der Waals surface area contributed by atoms with E-state index in [-0.39, 0.29) is 10.9 Å². The molecule has 1 aromatic heterocycles. The van der Waals surface area contributed by atoms with Crippen molar-refractivity contribution in [2.45, 2.75) is 26.4 Å². The first-order valence-electron chi connectivity index (χ1n) is 12.0. The van der Waals surface area contributed by atoms with E-state index in [9.17, 15) is 14.7 Å². The van der Waals surface area contributed by atoms with Crippen LogP contribution in [0.1, 0.15) is 29.3 Å². The third-order valence-electron chi connectivity index (χ3n) is 6.93. The van der Waals surface area contributed by atoms with Gasteiger partial charge >= 0.3 is 5.97 Å². The maximum absolute atomic E-state index is 15.1. The van der Waals surface area contributed by atoms with E-state index in [1.807, 2.05) is 11.8 Å². The van der Waals surface area contributed by atoms with E-state index >= 15 is 4.39 Å². The van der Waals surface area contributed by atoms with Crippen LogP contribution < -0.4 is 15.2 Å². The molecule has 2 aliphatic rings. The highest BCUT2D eigenvalue weighted by Crippen LogP contribution is 2.27. The van der Waals surface area contributed by atoms with Gasteiger partial charge in [-0.3, -0.25) is 9.69 Å². The molecule has 0 amide bonds. The number of aromatic carboxylic acids is 1. The fourth-order valence-electron chi connectivity index (χ4n) is 4.96. The number of fused-ring (bicyclic) bond motifs is 1. The third kappa shape index (κ3) is 4.53. The topological polar surface area (TPSA) is 69.0 Å². The fraction of sp³-hybridized carbons (Fsp3) is 0.333. The molecule has 3 aromatic rings. The Morgan fingerprint density at radius 1 is 1.06 bits per heavy atom. The SMILES string of the molecule is CCn1cc(C(=O)O)c(=O)c2cc(F)c(N3CCN(Cc4ccc(N5C=CCC5)cc4)CC3)cc21. The minimum absolute atomic E-state index is 0.0968. The van der Waals surface area contributed by atoms with Gasteiger partial charge in [0, 0.05) is 69.3 Å². The van der Waals surface area contributed by atoms with Gasteiger partial charge in [0.05, 0.1) is 11.2 Å². The Kier molecular flexibility index (Phi) is 6.30. The van der Waals surface area contributed by atoms with Crippen LogP contribution in [0.5, 0.6) is 0 Å². The van der Waals surface area contributed by atoms with Crippen LogP contribution in [0, 0.1) is 5.82 Å². The highest BCUT2D eigenvalue weighted by molar-refractivity contribution is 5.93. The van der Waals surface area contributed by atoms with Crippen molar-refractivity contribution in [1.29, 1.82) is 0 Å². The van der Waals surface area contributed by atoms with Crippen molar-refractivity contribution in [2.24, 2.45) is 0 Å². The van der Waals surface area contributed by atoms with E-state index in [0.29, 0.717) is 30.8 Å². The average molecular weight is 477 g/mol. The van der Waals surface area contributed by atoms with Gasteiger partial charge in [-0.1, -0.05) is 18.2 Å². The molecule has 0 unspecified atom stereocenters. The standard InChI is InChI=1S/C27H29FN4O3/c1-2-30-18-22(27(34)35)26(33)21-15-23(28)25(16-24(21)30)32-13-11-29(12-14-32)17-19-5-7-20(8-6-19)31-9-3-4-10-31/h3,5-9,15-16,18H,2,4,10-14,17H2,1H3,(H,34,35). The Bertz CT molecular complexity index is 1340. The number of pyridine rings is 1. The molecule has 0 radical (unpaired) electrons. The lowest BCUT2D eigenvalue weighted by Crippen LogP contribution is -2.46. The molecule has 0 bridgehead atoms. The van der Waals surface area contributed by atoms with Crippen LogP contribution in [0.25, 0.3) is 10.9 Å². The molecule has 7 nitrogen and oxygen atoms in total. The first kappa shape index (κ1) is 23.1. The predicted octanol–water partition coefficient (Wildman–Crippen LogP) is 3.90. The van der Waals surface area contributed by atoms with Crippen molar-refractivity contribution in [3.63, 3.8) is 0 Å². The summed E-state index contributed by atoms with van der Waals surface area (Å²) in [5, 5.41) is 9.44. The van der Waals surface area contributed by atoms with Gasteiger partial charge in [0.2, 0.25) is 5.43 Å². The summed E-state index contributed by atoms with van der Waals surface area (Å²) >= 11 is 0. The average Bonchev–Trinajstić information content (AvgIpc) is 3.40. The van der Waals surface area contributed by atoms with Crippen LogP contribution in [0.2, 0.25) is 0 Å². The Labute approximate surface area is 203 Å². The summed E-state index contributed by atoms with van der Waals surface area (Å²) in [6.07, 6.45) is 6.74. The Balaban J connectivity index is 1.30. The van der Waals surface area contributed by atoms with E-state index in [1.165, 1.54) is 23.5 Å². The maximum atomic E-state index is 15.1. The van der Waals surface area contributed by atoms with E-state index in [1.54, 1.807) is 10.6 Å². The summed E-state index contributed by atoms with van der Waals surface area (Å²) in [7, 11) is 0. The van der Waals surface area contributed by atoms with Crippen molar-refractivity contribution in [3.8, 4) is 0 Å². The normalized spacial score (nSPS) is 16.4. The molecule has 1 saturated heterocycles. The Morgan fingerprint density at radius 3 is 2.43 bits per heavy atom. The van der Waals surface area contributed by atoms with Crippen molar-refractivity contribution in [2.75, 3.05) is 42.5 Å². The van der Waals surface area contributed by atoms with Crippen LogP contribution in [0.15, 0.2) is 59.7 Å². The van der Waals surface area contributed by atoms with Gasteiger partial charge < -0.3 is 19.5 Å². The van der Waals surface area contributed by atoms with Gasteiger partial charge in [0.25, 0.3) is 0 Å². The molecule has 2 aliphatic heterocycles. The number of halogens is 1. The summed E-state index contributed by atoms with van der Waals surface area (Å²) in [5.41, 5.74) is 2.46. The van der Waals surface area contributed by atoms with Gasteiger partial charge in [-0.25, -0.2) is 9.18 Å². The fourth-order valence-corrected chi connectivity index (χ4v) is 4.96. The molecule has 0 atom stereocenters. The lowest BCUT2D eigenvalue weighted by atomic mass is 10.1. The number of anilines is 2. The minimum atomic E-state index is -1.30. The molecular weight excluding hydrogens is 447 g/mol. The lowest BCUT2D eigenvalue weighted by Gasteiger charge is -2.36. The number of aromatic nitrogens is 1. The Morgan fingerprint density at radius 2 is 1.80 bits per heavy atom. The van der Waals surface area contributed by atoms with Gasteiger partial charge in [0.15, 0.2) is 0 Å². The molecule has 0 aliphatic carbocycles. The van der Waals surface area contributed by atoms with Crippen molar-refractivity contribution in [3.05, 3.63) is 82.0 Å². The summed E-state index contributed by atoms with van der Waals surface area (Å²) < 4.78 is 16.8. The van der Waals surface area contributed by atoms with Gasteiger partial charge in [-0.05, 0) is 43.2 Å². The second-order valence-electron chi connectivity index (χ2n) is 9.08. The van der Waals surface area contributed by atoms with Crippen LogP contribution in [-0.2, 0) is 13.1 Å². The molecule has 2 aromatic carbocycles. The Hall–Kier alpha value is -3.65. The number of nitrogens with zero attached hydrogens (tertiary/aromatic N) is 4. The number of hydrogen-bond acceptors (Lipinski definition) is 5. The molecular formula is C27H29FN4O3. The molecule has 3 heterocycles. The number of aryl methyl sites for hydroxylation is 1. The predicted molar refractivity (Wildman–Crippen MR) is 136 cm³/mol. The van der Waals surface area contributed by atoms with Crippen LogP contribution >= 0.6 is 0 Å². The summed E-state index contributed by atoms with van der Waals surface area (Å²) in [4.78, 5) is 30.7. The molecule has 5 rings (SSSR count). The number of carboxylic acids is 1. The van der Waals surface area contributed by atoms with Crippen molar-refractivity contribution >= 4 is 28.2 Å². The highest BCUT2D eigenvalue weighted by Gasteiger charge is 2.22. The number of rotatable bonds is 6. The smallest absolute Gasteiger partial charge is 0.341 e. The summed E-state index contributed by atoms with van der Waals surface area (Å²) in [6.45, 7) is 7.15. The van der Waals surface area contributed by atoms with Crippen molar-refractivity contribution in [1.82, 2.24) is 9.47 Å². The van der Waals surface area contributed by atoms with E-state index in [2.05, 4.69) is 46.3 Å². The quantitative estimate of drug-likeness (QED) is 0.582. The van der Waals surface area contributed by atoms with E-state index < -0.39 is 17.2 Å². The summed E-state index contributed by atoms with van der Waals surface area (Å²) in [5.74, 6) is -1.80. The minimum Gasteiger partial charge on any atom is -0.477 e. The van der Waals surface area contributed by atoms with Crippen LogP contribution in [-0.4, -0.2) is 53.3 Å². The molecule has 8 heteroatoms. The molecule has 0 saturated carbocycles. The first-order chi connectivity index (χ1) is 16.9. The number of piperazine rings is 1. The first-order valence-corrected chi connectivity index (χ1v) is 12.0. The molecule has 35 heavy (non-hydrogen) atoms. The zero-order valence-corrected chi connectivity index (χ0v) is 19.8. The van der Waals surface area contributed by atoms with Crippen LogP contribution in [0.3, 0.4) is 0 Å². The molecule has 182 valence electrons. The number of carbonyl (C=O) groups is 1. The second-order valence-corrected chi connectivity index (χ2v) is 9.08. The summed E-state index contributed by atoms with van der Waals surface area (Å²) in [6, 6.07) is 11.5. The molecule has 1 fully saturated rings. The highest BCUT2D eigenvalue weighted by atomic mass is 19.1. The lowest BCUT2D eigenvalue weighted by molar-refractivity contribution is 0.0695. The monoisotopic (exact) mass is 476 g/mol.